The minimum Gasteiger partial charge on any atom is -0.422 e. The predicted molar refractivity (Wildman–Crippen MR) is 92.9 cm³/mol. The van der Waals surface area contributed by atoms with E-state index in [4.69, 9.17) is 9.26 Å². The first-order chi connectivity index (χ1) is 13.2. The number of para-hydroxylation sites is 1. The molecule has 0 aliphatic carbocycles. The van der Waals surface area contributed by atoms with E-state index in [1.807, 2.05) is 18.2 Å². The van der Waals surface area contributed by atoms with E-state index < -0.39 is 5.95 Å². The number of piperidine rings is 1. The number of amides is 1. The van der Waals surface area contributed by atoms with Gasteiger partial charge >= 0.3 is 6.01 Å². The Kier molecular flexibility index (Phi) is 4.78. The molecule has 1 saturated heterocycles. The van der Waals surface area contributed by atoms with Gasteiger partial charge in [-0.2, -0.15) is 9.37 Å². The molecule has 8 heteroatoms. The predicted octanol–water partition coefficient (Wildman–Crippen LogP) is 3.42. The monoisotopic (exact) mass is 368 g/mol. The summed E-state index contributed by atoms with van der Waals surface area (Å²) < 4.78 is 23.9. The molecule has 0 saturated carbocycles. The van der Waals surface area contributed by atoms with Gasteiger partial charge in [0.25, 0.3) is 5.91 Å². The summed E-state index contributed by atoms with van der Waals surface area (Å²) in [5, 5.41) is 3.86. The van der Waals surface area contributed by atoms with Crippen LogP contribution in [0, 0.1) is 5.95 Å². The van der Waals surface area contributed by atoms with E-state index in [9.17, 15) is 9.18 Å². The van der Waals surface area contributed by atoms with Crippen LogP contribution in [-0.2, 0) is 0 Å². The van der Waals surface area contributed by atoms with Gasteiger partial charge in [-0.15, -0.1) is 0 Å². The van der Waals surface area contributed by atoms with Crippen LogP contribution in [-0.4, -0.2) is 39.0 Å². The Balaban J connectivity index is 1.44. The van der Waals surface area contributed by atoms with Gasteiger partial charge in [0.1, 0.15) is 5.75 Å². The van der Waals surface area contributed by atoms with Crippen molar-refractivity contribution in [3.63, 3.8) is 0 Å². The molecule has 138 valence electrons. The van der Waals surface area contributed by atoms with Gasteiger partial charge in [-0.3, -0.25) is 4.79 Å². The van der Waals surface area contributed by atoms with Crippen molar-refractivity contribution in [3.05, 3.63) is 66.1 Å². The van der Waals surface area contributed by atoms with E-state index >= 15 is 0 Å². The van der Waals surface area contributed by atoms with Crippen molar-refractivity contribution in [1.29, 1.82) is 0 Å². The lowest BCUT2D eigenvalue weighted by Crippen LogP contribution is -2.39. The third-order valence-corrected chi connectivity index (χ3v) is 4.41. The Labute approximate surface area is 154 Å². The molecule has 7 nitrogen and oxygen atoms in total. The van der Waals surface area contributed by atoms with Crippen LogP contribution in [0.1, 0.15) is 35.0 Å². The van der Waals surface area contributed by atoms with Gasteiger partial charge in [-0.05, 0) is 42.3 Å². The van der Waals surface area contributed by atoms with E-state index in [1.54, 1.807) is 17.0 Å². The highest BCUT2D eigenvalue weighted by Crippen LogP contribution is 2.28. The number of hydrogen-bond donors (Lipinski definition) is 0. The number of aromatic nitrogens is 3. The van der Waals surface area contributed by atoms with Crippen LogP contribution in [0.3, 0.4) is 0 Å². The number of carbonyl (C=O) groups excluding carboxylic acids is 1. The van der Waals surface area contributed by atoms with E-state index in [1.165, 1.54) is 18.3 Å². The van der Waals surface area contributed by atoms with Gasteiger partial charge < -0.3 is 14.2 Å². The molecule has 3 aromatic rings. The molecule has 0 spiro atoms. The van der Waals surface area contributed by atoms with E-state index in [2.05, 4.69) is 15.1 Å². The minimum atomic E-state index is -0.611. The Morgan fingerprint density at radius 3 is 2.85 bits per heavy atom. The number of halogens is 1. The van der Waals surface area contributed by atoms with Crippen molar-refractivity contribution in [2.45, 2.75) is 18.8 Å². The Bertz CT molecular complexity index is 914. The lowest BCUT2D eigenvalue weighted by molar-refractivity contribution is 0.0695. The number of hydrogen-bond acceptors (Lipinski definition) is 6. The topological polar surface area (TPSA) is 81.4 Å². The zero-order chi connectivity index (χ0) is 18.6. The molecule has 1 fully saturated rings. The summed E-state index contributed by atoms with van der Waals surface area (Å²) in [5.41, 5.74) is 0.357. The maximum atomic E-state index is 13.0. The van der Waals surface area contributed by atoms with Crippen LogP contribution in [0.5, 0.6) is 11.8 Å². The molecule has 4 rings (SSSR count). The zero-order valence-electron chi connectivity index (χ0n) is 14.4. The minimum absolute atomic E-state index is 0.0725. The largest absolute Gasteiger partial charge is 0.422 e. The summed E-state index contributed by atoms with van der Waals surface area (Å²) in [4.78, 5) is 22.2. The zero-order valence-corrected chi connectivity index (χ0v) is 14.4. The fourth-order valence-electron chi connectivity index (χ4n) is 3.07. The molecule has 3 heterocycles. The third-order valence-electron chi connectivity index (χ3n) is 4.41. The average Bonchev–Trinajstić information content (AvgIpc) is 3.17. The lowest BCUT2D eigenvalue weighted by Gasteiger charge is -2.30. The standard InChI is InChI=1S/C19H17FN4O3/c20-16-9-8-13(11-21-16)18(25)24-10-4-5-14(12-24)17-22-19(23-27-17)26-15-6-2-1-3-7-15/h1-3,6-9,11,14H,4-5,10,12H2/t14-/m0/s1. The van der Waals surface area contributed by atoms with Crippen molar-refractivity contribution in [1.82, 2.24) is 20.0 Å². The van der Waals surface area contributed by atoms with Crippen molar-refractivity contribution in [3.8, 4) is 11.8 Å². The van der Waals surface area contributed by atoms with Crippen molar-refractivity contribution < 1.29 is 18.4 Å². The summed E-state index contributed by atoms with van der Waals surface area (Å²) in [6.07, 6.45) is 2.89. The molecule has 2 aromatic heterocycles. The average molecular weight is 368 g/mol. The van der Waals surface area contributed by atoms with Crippen molar-refractivity contribution in [2.24, 2.45) is 0 Å². The van der Waals surface area contributed by atoms with Crippen molar-refractivity contribution >= 4 is 5.91 Å². The second-order valence-electron chi connectivity index (χ2n) is 6.29. The third kappa shape index (κ3) is 3.94. The number of rotatable bonds is 4. The molecule has 1 amide bonds. The Hall–Kier alpha value is -3.29. The normalized spacial score (nSPS) is 16.9. The van der Waals surface area contributed by atoms with Crippen LogP contribution in [0.4, 0.5) is 4.39 Å². The van der Waals surface area contributed by atoms with Crippen LogP contribution in [0.25, 0.3) is 0 Å². The molecule has 0 bridgehead atoms. The van der Waals surface area contributed by atoms with Gasteiger partial charge in [-0.1, -0.05) is 18.2 Å². The molecule has 0 unspecified atom stereocenters. The molecule has 27 heavy (non-hydrogen) atoms. The second-order valence-corrected chi connectivity index (χ2v) is 6.29. The number of pyridine rings is 1. The SMILES string of the molecule is O=C(c1ccc(F)nc1)N1CCC[C@H](c2nc(Oc3ccccc3)no2)C1. The number of likely N-dealkylation sites (tertiary alicyclic amines) is 1. The van der Waals surface area contributed by atoms with Crippen LogP contribution >= 0.6 is 0 Å². The number of benzene rings is 1. The lowest BCUT2D eigenvalue weighted by atomic mass is 9.97. The second kappa shape index (κ2) is 7.53. The summed E-state index contributed by atoms with van der Waals surface area (Å²) in [6.45, 7) is 1.07. The summed E-state index contributed by atoms with van der Waals surface area (Å²) in [7, 11) is 0. The highest BCUT2D eigenvalue weighted by molar-refractivity contribution is 5.94. The van der Waals surface area contributed by atoms with Gasteiger partial charge in [0.05, 0.1) is 11.5 Å². The number of carbonyl (C=O) groups is 1. The number of nitrogens with zero attached hydrogens (tertiary/aromatic N) is 4. The molecular weight excluding hydrogens is 351 g/mol. The van der Waals surface area contributed by atoms with Crippen LogP contribution < -0.4 is 4.74 Å². The summed E-state index contributed by atoms with van der Waals surface area (Å²) >= 11 is 0. The van der Waals surface area contributed by atoms with Gasteiger partial charge in [-0.25, -0.2) is 4.98 Å². The van der Waals surface area contributed by atoms with Gasteiger partial charge in [0.2, 0.25) is 11.8 Å². The smallest absolute Gasteiger partial charge is 0.359 e. The first-order valence-electron chi connectivity index (χ1n) is 8.66. The highest BCUT2D eigenvalue weighted by Gasteiger charge is 2.29. The van der Waals surface area contributed by atoms with E-state index in [0.29, 0.717) is 30.3 Å². The Morgan fingerprint density at radius 1 is 1.22 bits per heavy atom. The Morgan fingerprint density at radius 2 is 2.07 bits per heavy atom. The van der Waals surface area contributed by atoms with Crippen molar-refractivity contribution in [2.75, 3.05) is 13.1 Å². The molecule has 0 radical (unpaired) electrons. The highest BCUT2D eigenvalue weighted by atomic mass is 19.1. The molecule has 1 aliphatic rings. The molecular formula is C19H17FN4O3. The quantitative estimate of drug-likeness (QED) is 0.657. The van der Waals surface area contributed by atoms with E-state index in [0.717, 1.165) is 12.8 Å². The molecule has 1 aliphatic heterocycles. The molecule has 0 N–H and O–H groups in total. The first kappa shape index (κ1) is 17.1. The summed E-state index contributed by atoms with van der Waals surface area (Å²) in [5.74, 6) is 0.189. The van der Waals surface area contributed by atoms with Crippen LogP contribution in [0.15, 0.2) is 53.2 Å². The van der Waals surface area contributed by atoms with Gasteiger partial charge in [0, 0.05) is 19.3 Å². The maximum Gasteiger partial charge on any atom is 0.359 e. The maximum absolute atomic E-state index is 13.0. The molecule has 1 atom stereocenters. The fraction of sp³-hybridized carbons (Fsp3) is 0.263. The van der Waals surface area contributed by atoms with Gasteiger partial charge in [0.15, 0.2) is 0 Å². The van der Waals surface area contributed by atoms with E-state index in [-0.39, 0.29) is 17.8 Å². The fourth-order valence-corrected chi connectivity index (χ4v) is 3.07. The summed E-state index contributed by atoms with van der Waals surface area (Å²) in [6, 6.07) is 12.0. The van der Waals surface area contributed by atoms with Crippen LogP contribution in [0.2, 0.25) is 0 Å². The molecule has 1 aromatic carbocycles. The first-order valence-corrected chi connectivity index (χ1v) is 8.66. The number of ether oxygens (including phenoxy) is 1.